The Hall–Kier alpha value is -1.10. The molecule has 0 saturated carbocycles. The number of hydrogen-bond donors (Lipinski definition) is 1. The maximum Gasteiger partial charge on any atom is 0.354 e. The van der Waals surface area contributed by atoms with E-state index in [0.29, 0.717) is 19.4 Å². The molecule has 68 valence electrons. The molecule has 5 heteroatoms. The summed E-state index contributed by atoms with van der Waals surface area (Å²) in [5.41, 5.74) is 0. The molecule has 0 spiro atoms. The highest BCUT2D eigenvalue weighted by atomic mass is 16.5. The molecule has 1 N–H and O–H groups in total. The molecule has 1 fully saturated rings. The number of hydrogen-bond acceptors (Lipinski definition) is 3. The zero-order chi connectivity index (χ0) is 9.14. The van der Waals surface area contributed by atoms with Gasteiger partial charge < -0.3 is 14.7 Å². The molecule has 5 nitrogen and oxygen atoms in total. The normalized spacial score (nSPS) is 19.8. The number of methoxy groups -OCH3 is 1. The van der Waals surface area contributed by atoms with E-state index >= 15 is 0 Å². The Bertz CT molecular complexity index is 204. The SMILES string of the molecule is COC(C(=O)O)N1CCCC1=O. The van der Waals surface area contributed by atoms with E-state index in [1.807, 2.05) is 0 Å². The van der Waals surface area contributed by atoms with Gasteiger partial charge in [0.25, 0.3) is 0 Å². The van der Waals surface area contributed by atoms with Crippen molar-refractivity contribution in [3.63, 3.8) is 0 Å². The molecule has 1 saturated heterocycles. The van der Waals surface area contributed by atoms with Crippen LogP contribution in [0.15, 0.2) is 0 Å². The fourth-order valence-corrected chi connectivity index (χ4v) is 1.28. The summed E-state index contributed by atoms with van der Waals surface area (Å²) in [6, 6.07) is 0. The average Bonchev–Trinajstić information content (AvgIpc) is 2.38. The molecule has 0 aromatic rings. The molecule has 0 bridgehead atoms. The number of aliphatic carboxylic acids is 1. The first-order valence-electron chi connectivity index (χ1n) is 3.72. The second-order valence-corrected chi connectivity index (χ2v) is 2.62. The van der Waals surface area contributed by atoms with Crippen LogP contribution in [0.3, 0.4) is 0 Å². The maximum atomic E-state index is 11.1. The van der Waals surface area contributed by atoms with Crippen LogP contribution in [0, 0.1) is 0 Å². The van der Waals surface area contributed by atoms with Crippen molar-refractivity contribution >= 4 is 11.9 Å². The van der Waals surface area contributed by atoms with Crippen LogP contribution < -0.4 is 0 Å². The molecule has 1 rings (SSSR count). The van der Waals surface area contributed by atoms with Crippen LogP contribution in [-0.2, 0) is 14.3 Å². The van der Waals surface area contributed by atoms with Gasteiger partial charge in [0.1, 0.15) is 0 Å². The van der Waals surface area contributed by atoms with Crippen molar-refractivity contribution in [1.82, 2.24) is 4.90 Å². The van der Waals surface area contributed by atoms with Crippen molar-refractivity contribution < 1.29 is 19.4 Å². The van der Waals surface area contributed by atoms with E-state index in [4.69, 9.17) is 5.11 Å². The lowest BCUT2D eigenvalue weighted by molar-refractivity contribution is -0.166. The standard InChI is InChI=1S/C7H11NO4/c1-12-6(7(10)11)8-4-2-3-5(8)9/h6H,2-4H2,1H3,(H,10,11). The smallest absolute Gasteiger partial charge is 0.354 e. The third kappa shape index (κ3) is 1.55. The lowest BCUT2D eigenvalue weighted by Gasteiger charge is -2.21. The summed E-state index contributed by atoms with van der Waals surface area (Å²) in [4.78, 5) is 22.8. The van der Waals surface area contributed by atoms with Gasteiger partial charge in [0.15, 0.2) is 0 Å². The van der Waals surface area contributed by atoms with E-state index in [-0.39, 0.29) is 5.91 Å². The number of carbonyl (C=O) groups excluding carboxylic acids is 1. The van der Waals surface area contributed by atoms with Crippen LogP contribution in [0.2, 0.25) is 0 Å². The van der Waals surface area contributed by atoms with E-state index in [0.717, 1.165) is 0 Å². The number of likely N-dealkylation sites (tertiary alicyclic amines) is 1. The first kappa shape index (κ1) is 8.99. The van der Waals surface area contributed by atoms with E-state index in [2.05, 4.69) is 4.74 Å². The number of amides is 1. The molecule has 0 aromatic heterocycles. The highest BCUT2D eigenvalue weighted by molar-refractivity contribution is 5.84. The van der Waals surface area contributed by atoms with Gasteiger partial charge in [-0.2, -0.15) is 0 Å². The van der Waals surface area contributed by atoms with Crippen LogP contribution >= 0.6 is 0 Å². The lowest BCUT2D eigenvalue weighted by Crippen LogP contribution is -2.43. The molecule has 0 radical (unpaired) electrons. The number of carbonyl (C=O) groups is 2. The van der Waals surface area contributed by atoms with Crippen molar-refractivity contribution in [3.8, 4) is 0 Å². The molecular weight excluding hydrogens is 162 g/mol. The van der Waals surface area contributed by atoms with Crippen LogP contribution in [0.4, 0.5) is 0 Å². The zero-order valence-corrected chi connectivity index (χ0v) is 6.82. The second-order valence-electron chi connectivity index (χ2n) is 2.62. The molecule has 1 heterocycles. The lowest BCUT2D eigenvalue weighted by atomic mass is 10.4. The first-order valence-corrected chi connectivity index (χ1v) is 3.72. The van der Waals surface area contributed by atoms with Gasteiger partial charge in [-0.1, -0.05) is 0 Å². The fraction of sp³-hybridized carbons (Fsp3) is 0.714. The van der Waals surface area contributed by atoms with Crippen molar-refractivity contribution in [1.29, 1.82) is 0 Å². The number of nitrogens with zero attached hydrogens (tertiary/aromatic N) is 1. The highest BCUT2D eigenvalue weighted by Gasteiger charge is 2.32. The van der Waals surface area contributed by atoms with Crippen LogP contribution in [0.25, 0.3) is 0 Å². The Labute approximate surface area is 69.9 Å². The summed E-state index contributed by atoms with van der Waals surface area (Å²) < 4.78 is 4.67. The predicted molar refractivity (Wildman–Crippen MR) is 39.4 cm³/mol. The van der Waals surface area contributed by atoms with E-state index in [9.17, 15) is 9.59 Å². The summed E-state index contributed by atoms with van der Waals surface area (Å²) in [6.07, 6.45) is 0.0269. The average molecular weight is 173 g/mol. The quantitative estimate of drug-likeness (QED) is 0.634. The van der Waals surface area contributed by atoms with Gasteiger partial charge >= 0.3 is 5.97 Å². The Morgan fingerprint density at radius 3 is 2.75 bits per heavy atom. The van der Waals surface area contributed by atoms with Crippen LogP contribution in [-0.4, -0.2) is 41.8 Å². The van der Waals surface area contributed by atoms with Gasteiger partial charge in [0.2, 0.25) is 12.1 Å². The largest absolute Gasteiger partial charge is 0.478 e. The van der Waals surface area contributed by atoms with Crippen molar-refractivity contribution in [2.45, 2.75) is 19.1 Å². The predicted octanol–water partition coefficient (Wildman–Crippen LogP) is -0.334. The minimum absolute atomic E-state index is 0.149. The van der Waals surface area contributed by atoms with Crippen molar-refractivity contribution in [2.75, 3.05) is 13.7 Å². The van der Waals surface area contributed by atoms with Crippen LogP contribution in [0.5, 0.6) is 0 Å². The summed E-state index contributed by atoms with van der Waals surface area (Å²) >= 11 is 0. The summed E-state index contributed by atoms with van der Waals surface area (Å²) in [5.74, 6) is -1.27. The third-order valence-corrected chi connectivity index (χ3v) is 1.83. The Morgan fingerprint density at radius 2 is 2.42 bits per heavy atom. The molecule has 0 aromatic carbocycles. The van der Waals surface area contributed by atoms with Crippen molar-refractivity contribution in [3.05, 3.63) is 0 Å². The maximum absolute atomic E-state index is 11.1. The highest BCUT2D eigenvalue weighted by Crippen LogP contribution is 2.13. The van der Waals surface area contributed by atoms with Gasteiger partial charge in [0, 0.05) is 20.1 Å². The number of carboxylic acids is 1. The van der Waals surface area contributed by atoms with Gasteiger partial charge in [-0.25, -0.2) is 4.79 Å². The summed E-state index contributed by atoms with van der Waals surface area (Å²) in [6.45, 7) is 0.476. The second kappa shape index (κ2) is 3.53. The van der Waals surface area contributed by atoms with Gasteiger partial charge in [0.05, 0.1) is 0 Å². The molecule has 1 unspecified atom stereocenters. The number of rotatable bonds is 3. The molecule has 12 heavy (non-hydrogen) atoms. The molecule has 0 aliphatic carbocycles. The summed E-state index contributed by atoms with van der Waals surface area (Å²) in [5, 5.41) is 8.63. The third-order valence-electron chi connectivity index (χ3n) is 1.83. The molecule has 1 aliphatic rings. The Balaban J connectivity index is 2.65. The molecule has 1 aliphatic heterocycles. The van der Waals surface area contributed by atoms with E-state index in [1.165, 1.54) is 12.0 Å². The Morgan fingerprint density at radius 1 is 1.75 bits per heavy atom. The first-order chi connectivity index (χ1) is 5.66. The monoisotopic (exact) mass is 173 g/mol. The molecule has 1 amide bonds. The summed E-state index contributed by atoms with van der Waals surface area (Å²) in [7, 11) is 1.28. The van der Waals surface area contributed by atoms with Gasteiger partial charge in [-0.05, 0) is 6.42 Å². The van der Waals surface area contributed by atoms with E-state index in [1.54, 1.807) is 0 Å². The number of carboxylic acid groups (broad SMARTS) is 1. The fourth-order valence-electron chi connectivity index (χ4n) is 1.28. The van der Waals surface area contributed by atoms with Crippen molar-refractivity contribution in [2.24, 2.45) is 0 Å². The van der Waals surface area contributed by atoms with Gasteiger partial charge in [-0.15, -0.1) is 0 Å². The minimum atomic E-state index is -1.12. The van der Waals surface area contributed by atoms with E-state index < -0.39 is 12.2 Å². The number of ether oxygens (including phenoxy) is 1. The Kier molecular flexibility index (Phi) is 2.65. The zero-order valence-electron chi connectivity index (χ0n) is 6.82. The molecular formula is C7H11NO4. The van der Waals surface area contributed by atoms with Gasteiger partial charge in [-0.3, -0.25) is 4.79 Å². The van der Waals surface area contributed by atoms with Crippen LogP contribution in [0.1, 0.15) is 12.8 Å². The molecule has 1 atom stereocenters. The minimum Gasteiger partial charge on any atom is -0.478 e. The topological polar surface area (TPSA) is 66.8 Å².